The smallest absolute Gasteiger partial charge is 0.330 e. The first-order valence-electron chi connectivity index (χ1n) is 7.36. The van der Waals surface area contributed by atoms with E-state index >= 15 is 0 Å². The molecule has 2 atom stereocenters. The predicted molar refractivity (Wildman–Crippen MR) is 77.4 cm³/mol. The fraction of sp³-hybridized carbons (Fsp3) is 0.562. The number of benzene rings is 1. The van der Waals surface area contributed by atoms with E-state index in [0.29, 0.717) is 18.7 Å². The van der Waals surface area contributed by atoms with Crippen LogP contribution in [0.3, 0.4) is 0 Å². The highest BCUT2D eigenvalue weighted by Crippen LogP contribution is 2.24. The summed E-state index contributed by atoms with van der Waals surface area (Å²) in [5.41, 5.74) is -0.323. The molecule has 0 aliphatic carbocycles. The molecular formula is C16H22FNO3. The first-order valence-corrected chi connectivity index (χ1v) is 7.36. The van der Waals surface area contributed by atoms with Crippen molar-refractivity contribution >= 4 is 5.97 Å². The lowest BCUT2D eigenvalue weighted by Crippen LogP contribution is -2.50. The first-order chi connectivity index (χ1) is 10.1. The Labute approximate surface area is 124 Å². The summed E-state index contributed by atoms with van der Waals surface area (Å²) in [6.07, 6.45) is 2.13. The molecule has 1 aromatic rings. The van der Waals surface area contributed by atoms with E-state index < -0.39 is 5.54 Å². The van der Waals surface area contributed by atoms with Gasteiger partial charge < -0.3 is 9.47 Å². The van der Waals surface area contributed by atoms with Crippen LogP contribution in [0.4, 0.5) is 4.39 Å². The minimum atomic E-state index is -1.00. The molecule has 0 saturated carbocycles. The van der Waals surface area contributed by atoms with Gasteiger partial charge in [-0.15, -0.1) is 0 Å². The maximum Gasteiger partial charge on any atom is 0.330 e. The molecule has 1 aliphatic rings. The van der Waals surface area contributed by atoms with Crippen molar-refractivity contribution < 1.29 is 18.7 Å². The van der Waals surface area contributed by atoms with E-state index in [-0.39, 0.29) is 17.9 Å². The van der Waals surface area contributed by atoms with Crippen LogP contribution in [0.25, 0.3) is 0 Å². The molecule has 1 saturated heterocycles. The molecule has 4 nitrogen and oxygen atoms in total. The van der Waals surface area contributed by atoms with E-state index in [0.717, 1.165) is 19.4 Å². The highest BCUT2D eigenvalue weighted by atomic mass is 19.1. The number of halogens is 1. The molecule has 0 radical (unpaired) electrons. The Balaban J connectivity index is 2.16. The van der Waals surface area contributed by atoms with Crippen LogP contribution in [0.15, 0.2) is 24.3 Å². The SMILES string of the molecule is CCOC(=O)C(C)(NCC1CCCO1)c1ccc(F)cc1. The molecule has 21 heavy (non-hydrogen) atoms. The molecule has 0 spiro atoms. The van der Waals surface area contributed by atoms with Crippen molar-refractivity contribution in [1.29, 1.82) is 0 Å². The topological polar surface area (TPSA) is 47.6 Å². The maximum atomic E-state index is 13.1. The van der Waals surface area contributed by atoms with Crippen molar-refractivity contribution in [2.75, 3.05) is 19.8 Å². The molecule has 1 heterocycles. The van der Waals surface area contributed by atoms with E-state index in [9.17, 15) is 9.18 Å². The molecule has 0 aromatic heterocycles. The van der Waals surface area contributed by atoms with Crippen molar-refractivity contribution in [3.8, 4) is 0 Å². The number of nitrogens with one attached hydrogen (secondary N) is 1. The van der Waals surface area contributed by atoms with Gasteiger partial charge in [0.25, 0.3) is 0 Å². The molecule has 0 amide bonds. The largest absolute Gasteiger partial charge is 0.464 e. The highest BCUT2D eigenvalue weighted by molar-refractivity contribution is 5.82. The summed E-state index contributed by atoms with van der Waals surface area (Å²) in [5.74, 6) is -0.696. The Kier molecular flexibility index (Phi) is 5.31. The zero-order chi connectivity index (χ0) is 15.3. The lowest BCUT2D eigenvalue weighted by Gasteiger charge is -2.30. The van der Waals surface area contributed by atoms with Gasteiger partial charge in [-0.05, 0) is 44.4 Å². The van der Waals surface area contributed by atoms with Crippen LogP contribution in [0, 0.1) is 5.82 Å². The zero-order valence-corrected chi connectivity index (χ0v) is 12.5. The second kappa shape index (κ2) is 7.00. The summed E-state index contributed by atoms with van der Waals surface area (Å²) in [4.78, 5) is 12.3. The number of esters is 1. The summed E-state index contributed by atoms with van der Waals surface area (Å²) in [5, 5.41) is 3.24. The van der Waals surface area contributed by atoms with Crippen LogP contribution >= 0.6 is 0 Å². The quantitative estimate of drug-likeness (QED) is 0.819. The van der Waals surface area contributed by atoms with Crippen molar-refractivity contribution in [3.63, 3.8) is 0 Å². The van der Waals surface area contributed by atoms with E-state index in [4.69, 9.17) is 9.47 Å². The molecule has 116 valence electrons. The third-order valence-electron chi connectivity index (χ3n) is 3.81. The lowest BCUT2D eigenvalue weighted by atomic mass is 9.91. The standard InChI is InChI=1S/C16H22FNO3/c1-3-20-15(19)16(2,12-6-8-13(17)9-7-12)18-11-14-5-4-10-21-14/h6-9,14,18H,3-5,10-11H2,1-2H3. The van der Waals surface area contributed by atoms with Crippen molar-refractivity contribution in [2.45, 2.75) is 38.3 Å². The zero-order valence-electron chi connectivity index (χ0n) is 12.5. The molecule has 1 aromatic carbocycles. The maximum absolute atomic E-state index is 13.1. The summed E-state index contributed by atoms with van der Waals surface area (Å²) in [6.45, 7) is 5.15. The first kappa shape index (κ1) is 15.9. The second-order valence-electron chi connectivity index (χ2n) is 5.37. The van der Waals surface area contributed by atoms with Crippen molar-refractivity contribution in [1.82, 2.24) is 5.32 Å². The van der Waals surface area contributed by atoms with Gasteiger partial charge in [-0.25, -0.2) is 9.18 Å². The normalized spacial score (nSPS) is 21.0. The fourth-order valence-corrected chi connectivity index (χ4v) is 2.47. The van der Waals surface area contributed by atoms with E-state index in [1.54, 1.807) is 26.0 Å². The summed E-state index contributed by atoms with van der Waals surface area (Å²) in [7, 11) is 0. The van der Waals surface area contributed by atoms with E-state index in [1.807, 2.05) is 0 Å². The molecule has 5 heteroatoms. The predicted octanol–water partition coefficient (Wildman–Crippen LogP) is 2.37. The van der Waals surface area contributed by atoms with Crippen LogP contribution in [0.2, 0.25) is 0 Å². The van der Waals surface area contributed by atoms with Gasteiger partial charge in [-0.2, -0.15) is 0 Å². The molecule has 1 fully saturated rings. The van der Waals surface area contributed by atoms with Crippen LogP contribution in [-0.4, -0.2) is 31.8 Å². The van der Waals surface area contributed by atoms with Gasteiger partial charge in [-0.3, -0.25) is 5.32 Å². The number of hydrogen-bond acceptors (Lipinski definition) is 4. The molecule has 1 aliphatic heterocycles. The molecule has 0 bridgehead atoms. The number of carbonyl (C=O) groups excluding carboxylic acids is 1. The fourth-order valence-electron chi connectivity index (χ4n) is 2.47. The highest BCUT2D eigenvalue weighted by Gasteiger charge is 2.37. The van der Waals surface area contributed by atoms with Gasteiger partial charge >= 0.3 is 5.97 Å². The molecular weight excluding hydrogens is 273 g/mol. The summed E-state index contributed by atoms with van der Waals surface area (Å²) in [6, 6.07) is 5.91. The third kappa shape index (κ3) is 3.80. The number of rotatable bonds is 6. The van der Waals surface area contributed by atoms with Gasteiger partial charge in [0.05, 0.1) is 12.7 Å². The minimum absolute atomic E-state index is 0.110. The summed E-state index contributed by atoms with van der Waals surface area (Å²) < 4.78 is 23.8. The molecule has 2 rings (SSSR count). The van der Waals surface area contributed by atoms with E-state index in [1.165, 1.54) is 12.1 Å². The van der Waals surface area contributed by atoms with Crippen LogP contribution in [-0.2, 0) is 19.8 Å². The number of carbonyl (C=O) groups is 1. The van der Waals surface area contributed by atoms with Crippen molar-refractivity contribution in [2.24, 2.45) is 0 Å². The van der Waals surface area contributed by atoms with Gasteiger partial charge in [0, 0.05) is 13.2 Å². The lowest BCUT2D eigenvalue weighted by molar-refractivity contribution is -0.151. The minimum Gasteiger partial charge on any atom is -0.464 e. The average Bonchev–Trinajstić information content (AvgIpc) is 2.99. The van der Waals surface area contributed by atoms with E-state index in [2.05, 4.69) is 5.32 Å². The average molecular weight is 295 g/mol. The number of hydrogen-bond donors (Lipinski definition) is 1. The van der Waals surface area contributed by atoms with Crippen LogP contribution in [0.5, 0.6) is 0 Å². The van der Waals surface area contributed by atoms with Crippen molar-refractivity contribution in [3.05, 3.63) is 35.6 Å². The van der Waals surface area contributed by atoms with Crippen LogP contribution in [0.1, 0.15) is 32.3 Å². The third-order valence-corrected chi connectivity index (χ3v) is 3.81. The number of ether oxygens (including phenoxy) is 2. The van der Waals surface area contributed by atoms with Gasteiger partial charge in [0.2, 0.25) is 0 Å². The monoisotopic (exact) mass is 295 g/mol. The Morgan fingerprint density at radius 1 is 1.48 bits per heavy atom. The van der Waals surface area contributed by atoms with Gasteiger partial charge in [0.15, 0.2) is 0 Å². The molecule has 2 unspecified atom stereocenters. The Hall–Kier alpha value is -1.46. The van der Waals surface area contributed by atoms with Gasteiger partial charge in [0.1, 0.15) is 11.4 Å². The Morgan fingerprint density at radius 2 is 2.19 bits per heavy atom. The Morgan fingerprint density at radius 3 is 2.76 bits per heavy atom. The summed E-state index contributed by atoms with van der Waals surface area (Å²) >= 11 is 0. The van der Waals surface area contributed by atoms with Gasteiger partial charge in [-0.1, -0.05) is 12.1 Å². The van der Waals surface area contributed by atoms with Crippen LogP contribution < -0.4 is 5.32 Å². The molecule has 1 N–H and O–H groups in total. The second-order valence-corrected chi connectivity index (χ2v) is 5.37. The Bertz CT molecular complexity index is 471.